The van der Waals surface area contributed by atoms with Crippen LogP contribution in [0.3, 0.4) is 0 Å². The van der Waals surface area contributed by atoms with Gasteiger partial charge in [-0.25, -0.2) is 0 Å². The molecule has 0 radical (unpaired) electrons. The Morgan fingerprint density at radius 2 is 1.50 bits per heavy atom. The van der Waals surface area contributed by atoms with Gasteiger partial charge in [-0.15, -0.1) is 0 Å². The third-order valence-corrected chi connectivity index (χ3v) is 0.455. The third-order valence-electron chi connectivity index (χ3n) is 0.455. The second kappa shape index (κ2) is 3.08. The Morgan fingerprint density at radius 1 is 1.00 bits per heavy atom. The Bertz CT molecular complexity index is 64.0. The molecule has 1 aromatic heterocycles. The molecule has 2 heteroatoms. The van der Waals surface area contributed by atoms with Gasteiger partial charge in [-0.05, 0) is 0 Å². The summed E-state index contributed by atoms with van der Waals surface area (Å²) in [7, 11) is 0. The first-order valence-corrected chi connectivity index (χ1v) is 1.52. The van der Waals surface area contributed by atoms with Crippen molar-refractivity contribution in [2.24, 2.45) is 0 Å². The first kappa shape index (κ1) is 5.88. The van der Waals surface area contributed by atoms with E-state index in [-0.39, 0.29) is 18.9 Å². The van der Waals surface area contributed by atoms with Crippen LogP contribution in [0.4, 0.5) is 0 Å². The first-order chi connectivity index (χ1) is 2.50. The molecule has 0 saturated carbocycles. The van der Waals surface area contributed by atoms with Crippen molar-refractivity contribution in [2.45, 2.75) is 0 Å². The Hall–Kier alpha value is -0.123. The molecule has 0 aromatic carbocycles. The topological polar surface area (TPSA) is 14.1 Å². The fourth-order valence-electron chi connectivity index (χ4n) is 0.248. The van der Waals surface area contributed by atoms with Gasteiger partial charge in [0, 0.05) is 0 Å². The smallest absolute Gasteiger partial charge is 0.670 e. The summed E-state index contributed by atoms with van der Waals surface area (Å²) in [5.41, 5.74) is 0. The van der Waals surface area contributed by atoms with Crippen molar-refractivity contribution in [2.75, 3.05) is 0 Å². The van der Waals surface area contributed by atoms with Gasteiger partial charge in [-0.2, -0.15) is 12.4 Å². The molecule has 0 amide bonds. The molecule has 0 spiro atoms. The summed E-state index contributed by atoms with van der Waals surface area (Å²) in [5, 5.41) is 0. The van der Waals surface area contributed by atoms with Gasteiger partial charge in [-0.3, -0.25) is 0 Å². The fraction of sp³-hybridized carbons (Fsp3) is 0. The van der Waals surface area contributed by atoms with Crippen LogP contribution in [0, 0.1) is 0 Å². The summed E-state index contributed by atoms with van der Waals surface area (Å²) in [6.07, 6.45) is 3.50. The monoisotopic (exact) mass is 73.1 g/mol. The summed E-state index contributed by atoms with van der Waals surface area (Å²) in [4.78, 5) is 3.72. The largest absolute Gasteiger partial charge is 1.00 e. The standard InChI is InChI=1S/C4H4N.Li/c1-2-4-5-3-1;/h1-4H;/q-1;+1. The van der Waals surface area contributed by atoms with Gasteiger partial charge in [0.2, 0.25) is 0 Å². The quantitative estimate of drug-likeness (QED) is 0.313. The maximum Gasteiger partial charge on any atom is 1.00 e. The van der Waals surface area contributed by atoms with Crippen molar-refractivity contribution in [3.05, 3.63) is 24.5 Å². The van der Waals surface area contributed by atoms with E-state index in [1.807, 2.05) is 12.1 Å². The van der Waals surface area contributed by atoms with Crippen LogP contribution in [0.2, 0.25) is 0 Å². The van der Waals surface area contributed by atoms with E-state index in [9.17, 15) is 0 Å². The number of aromatic nitrogens is 1. The van der Waals surface area contributed by atoms with E-state index in [0.717, 1.165) is 0 Å². The molecule has 0 N–H and O–H groups in total. The van der Waals surface area contributed by atoms with Crippen molar-refractivity contribution < 1.29 is 18.9 Å². The van der Waals surface area contributed by atoms with Crippen LogP contribution in [0.1, 0.15) is 0 Å². The average molecular weight is 73.0 g/mol. The minimum absolute atomic E-state index is 0. The Labute approximate surface area is 48.9 Å². The number of rotatable bonds is 0. The number of hydrogen-bond donors (Lipinski definition) is 0. The molecular weight excluding hydrogens is 69.0 g/mol. The molecule has 1 heterocycles. The molecule has 0 aliphatic heterocycles. The second-order valence-electron chi connectivity index (χ2n) is 0.832. The van der Waals surface area contributed by atoms with Crippen LogP contribution < -0.4 is 23.8 Å². The van der Waals surface area contributed by atoms with Crippen molar-refractivity contribution >= 4 is 0 Å². The number of hydrogen-bond acceptors (Lipinski definition) is 0. The Kier molecular flexibility index (Phi) is 3.02. The molecule has 0 unspecified atom stereocenters. The van der Waals surface area contributed by atoms with Gasteiger partial charge in [0.1, 0.15) is 0 Å². The molecule has 1 nitrogen and oxygen atoms in total. The van der Waals surface area contributed by atoms with E-state index in [2.05, 4.69) is 4.98 Å². The zero-order chi connectivity index (χ0) is 3.54. The van der Waals surface area contributed by atoms with Crippen LogP contribution >= 0.6 is 0 Å². The number of nitrogens with zero attached hydrogens (tertiary/aromatic N) is 1. The van der Waals surface area contributed by atoms with Crippen LogP contribution in [-0.2, 0) is 0 Å². The molecule has 26 valence electrons. The Morgan fingerprint density at radius 3 is 1.67 bits per heavy atom. The molecule has 6 heavy (non-hydrogen) atoms. The second-order valence-corrected chi connectivity index (χ2v) is 0.832. The molecule has 1 rings (SSSR count). The van der Waals surface area contributed by atoms with Gasteiger partial charge in [0.15, 0.2) is 0 Å². The van der Waals surface area contributed by atoms with Crippen molar-refractivity contribution in [3.8, 4) is 0 Å². The maximum atomic E-state index is 3.72. The minimum Gasteiger partial charge on any atom is -0.670 e. The van der Waals surface area contributed by atoms with Crippen LogP contribution in [0.5, 0.6) is 0 Å². The zero-order valence-electron chi connectivity index (χ0n) is 3.76. The molecule has 0 saturated heterocycles. The SMILES string of the molecule is [Li+].c1cc[n-]c1. The van der Waals surface area contributed by atoms with Crippen molar-refractivity contribution in [1.29, 1.82) is 0 Å². The van der Waals surface area contributed by atoms with Crippen LogP contribution in [0.25, 0.3) is 0 Å². The summed E-state index contributed by atoms with van der Waals surface area (Å²) < 4.78 is 0. The van der Waals surface area contributed by atoms with Crippen molar-refractivity contribution in [3.63, 3.8) is 0 Å². The van der Waals surface area contributed by atoms with Crippen LogP contribution in [0.15, 0.2) is 24.5 Å². The van der Waals surface area contributed by atoms with E-state index in [4.69, 9.17) is 0 Å². The zero-order valence-corrected chi connectivity index (χ0v) is 3.76. The van der Waals surface area contributed by atoms with Crippen LogP contribution in [-0.4, -0.2) is 0 Å². The molecule has 0 fully saturated rings. The molecule has 0 atom stereocenters. The third kappa shape index (κ3) is 1.35. The minimum atomic E-state index is 0. The van der Waals surface area contributed by atoms with E-state index < -0.39 is 0 Å². The van der Waals surface area contributed by atoms with E-state index in [1.54, 1.807) is 12.4 Å². The summed E-state index contributed by atoms with van der Waals surface area (Å²) in [6.45, 7) is 0. The van der Waals surface area contributed by atoms with Gasteiger partial charge in [0.05, 0.1) is 0 Å². The summed E-state index contributed by atoms with van der Waals surface area (Å²) >= 11 is 0. The molecule has 0 bridgehead atoms. The summed E-state index contributed by atoms with van der Waals surface area (Å²) in [6, 6.07) is 3.78. The van der Waals surface area contributed by atoms with Gasteiger partial charge >= 0.3 is 18.9 Å². The van der Waals surface area contributed by atoms with E-state index >= 15 is 0 Å². The maximum absolute atomic E-state index is 3.72. The van der Waals surface area contributed by atoms with Gasteiger partial charge < -0.3 is 4.98 Å². The predicted octanol–water partition coefficient (Wildman–Crippen LogP) is -2.35. The molecule has 0 aliphatic carbocycles. The first-order valence-electron chi connectivity index (χ1n) is 1.52. The van der Waals surface area contributed by atoms with Gasteiger partial charge in [-0.1, -0.05) is 12.1 Å². The van der Waals surface area contributed by atoms with E-state index in [0.29, 0.717) is 0 Å². The molecule has 1 aromatic rings. The summed E-state index contributed by atoms with van der Waals surface area (Å²) in [5.74, 6) is 0. The fourth-order valence-corrected chi connectivity index (χ4v) is 0.248. The normalized spacial score (nSPS) is 6.67. The van der Waals surface area contributed by atoms with Crippen molar-refractivity contribution in [1.82, 2.24) is 4.98 Å². The van der Waals surface area contributed by atoms with E-state index in [1.165, 1.54) is 0 Å². The Balaban J connectivity index is 0.000000250. The average Bonchev–Trinajstić information content (AvgIpc) is 1.76. The molecule has 0 aliphatic rings. The van der Waals surface area contributed by atoms with Gasteiger partial charge in [0.25, 0.3) is 0 Å². The molecular formula is C4H4LiN. The predicted molar refractivity (Wildman–Crippen MR) is 19.8 cm³/mol.